The van der Waals surface area contributed by atoms with Crippen LogP contribution >= 0.6 is 11.6 Å². The van der Waals surface area contributed by atoms with E-state index in [-0.39, 0.29) is 37.6 Å². The van der Waals surface area contributed by atoms with Gasteiger partial charge in [0.1, 0.15) is 22.6 Å². The van der Waals surface area contributed by atoms with Crippen molar-refractivity contribution in [2.45, 2.75) is 98.5 Å². The number of anilines is 1. The fourth-order valence-electron chi connectivity index (χ4n) is 6.51. The largest absolute Gasteiger partial charge is 0.478 e. The summed E-state index contributed by atoms with van der Waals surface area (Å²) in [7, 11) is 0. The number of hydrogen-bond donors (Lipinski definition) is 1. The van der Waals surface area contributed by atoms with E-state index in [1.54, 1.807) is 71.0 Å². The topological polar surface area (TPSA) is 152 Å². The summed E-state index contributed by atoms with van der Waals surface area (Å²) < 4.78 is 17.5. The number of benzene rings is 3. The predicted octanol–water partition coefficient (Wildman–Crippen LogP) is 11.0. The Balaban J connectivity index is 1.40. The molecule has 324 valence electrons. The molecule has 0 radical (unpaired) electrons. The number of amides is 3. The molecule has 14 heteroatoms. The van der Waals surface area contributed by atoms with Crippen LogP contribution in [0.15, 0.2) is 85.2 Å². The van der Waals surface area contributed by atoms with Gasteiger partial charge in [0.05, 0.1) is 11.1 Å². The van der Waals surface area contributed by atoms with Crippen LogP contribution in [0.4, 0.5) is 20.2 Å². The molecule has 0 saturated carbocycles. The van der Waals surface area contributed by atoms with E-state index < -0.39 is 41.1 Å². The molecule has 0 unspecified atom stereocenters. The SMILES string of the molecule is CC(C)(C)OC(=O)N(CCCCN(Cc1ccc(-c2ccccc2)c(Cl)c1)C(=O)OC(C)(C)C)CCN(C(=O)OC(C)(C)C)c1nc2cc(C(=O)O)ccc2c2cnccc12. The first kappa shape index (κ1) is 46.1. The average Bonchev–Trinajstić information content (AvgIpc) is 3.16. The molecule has 3 aromatic carbocycles. The van der Waals surface area contributed by atoms with Gasteiger partial charge in [-0.05, 0) is 111 Å². The first-order valence-electron chi connectivity index (χ1n) is 20.3. The molecule has 0 aliphatic carbocycles. The molecule has 0 saturated heterocycles. The van der Waals surface area contributed by atoms with Crippen molar-refractivity contribution in [3.8, 4) is 11.1 Å². The number of aromatic nitrogens is 2. The van der Waals surface area contributed by atoms with Crippen LogP contribution in [-0.4, -0.2) is 92.1 Å². The maximum absolute atomic E-state index is 14.0. The highest BCUT2D eigenvalue weighted by Crippen LogP contribution is 2.33. The third-order valence-electron chi connectivity index (χ3n) is 9.19. The molecule has 0 fully saturated rings. The molecule has 2 heterocycles. The van der Waals surface area contributed by atoms with Crippen molar-refractivity contribution in [3.05, 3.63) is 101 Å². The predicted molar refractivity (Wildman–Crippen MR) is 238 cm³/mol. The Labute approximate surface area is 362 Å². The minimum absolute atomic E-state index is 0.0255. The lowest BCUT2D eigenvalue weighted by atomic mass is 10.0. The van der Waals surface area contributed by atoms with Gasteiger partial charge in [-0.15, -0.1) is 0 Å². The summed E-state index contributed by atoms with van der Waals surface area (Å²) in [6, 6.07) is 21.9. The third-order valence-corrected chi connectivity index (χ3v) is 9.50. The van der Waals surface area contributed by atoms with Gasteiger partial charge < -0.3 is 29.1 Å². The Morgan fingerprint density at radius 3 is 1.87 bits per heavy atom. The van der Waals surface area contributed by atoms with E-state index in [0.717, 1.165) is 16.7 Å². The highest BCUT2D eigenvalue weighted by molar-refractivity contribution is 6.33. The Kier molecular flexibility index (Phi) is 14.5. The number of aromatic carboxylic acids is 1. The summed E-state index contributed by atoms with van der Waals surface area (Å²) in [6.07, 6.45) is 2.42. The van der Waals surface area contributed by atoms with Gasteiger partial charge in [0.15, 0.2) is 0 Å². The zero-order valence-corrected chi connectivity index (χ0v) is 37.2. The Morgan fingerprint density at radius 1 is 0.656 bits per heavy atom. The second-order valence-electron chi connectivity index (χ2n) is 17.8. The van der Waals surface area contributed by atoms with Crippen LogP contribution in [0, 0.1) is 0 Å². The van der Waals surface area contributed by atoms with Gasteiger partial charge >= 0.3 is 24.2 Å². The molecule has 5 rings (SSSR count). The second-order valence-corrected chi connectivity index (χ2v) is 18.2. The number of ether oxygens (including phenoxy) is 3. The van der Waals surface area contributed by atoms with Gasteiger partial charge in [-0.3, -0.25) is 9.88 Å². The molecular weight excluding hydrogens is 798 g/mol. The lowest BCUT2D eigenvalue weighted by Gasteiger charge is -2.31. The summed E-state index contributed by atoms with van der Waals surface area (Å²) in [5.41, 5.74) is 0.671. The summed E-state index contributed by atoms with van der Waals surface area (Å²) in [6.45, 7) is 16.8. The van der Waals surface area contributed by atoms with Crippen molar-refractivity contribution in [2.24, 2.45) is 0 Å². The summed E-state index contributed by atoms with van der Waals surface area (Å²) >= 11 is 6.74. The van der Waals surface area contributed by atoms with Crippen LogP contribution < -0.4 is 4.90 Å². The van der Waals surface area contributed by atoms with E-state index in [4.69, 9.17) is 30.8 Å². The van der Waals surface area contributed by atoms with Gasteiger partial charge in [0.25, 0.3) is 0 Å². The highest BCUT2D eigenvalue weighted by atomic mass is 35.5. The highest BCUT2D eigenvalue weighted by Gasteiger charge is 2.30. The minimum Gasteiger partial charge on any atom is -0.478 e. The molecule has 1 N–H and O–H groups in total. The number of unbranched alkanes of at least 4 members (excludes halogenated alkanes) is 1. The molecule has 0 bridgehead atoms. The number of hydrogen-bond acceptors (Lipinski definition) is 9. The minimum atomic E-state index is -1.12. The van der Waals surface area contributed by atoms with Crippen LogP contribution in [0.5, 0.6) is 0 Å². The van der Waals surface area contributed by atoms with Crippen molar-refractivity contribution in [3.63, 3.8) is 0 Å². The molecule has 61 heavy (non-hydrogen) atoms. The van der Waals surface area contributed by atoms with E-state index in [9.17, 15) is 24.3 Å². The molecule has 13 nitrogen and oxygen atoms in total. The number of carboxylic acid groups (broad SMARTS) is 1. The fourth-order valence-corrected chi connectivity index (χ4v) is 6.82. The van der Waals surface area contributed by atoms with Gasteiger partial charge in [0, 0.05) is 71.9 Å². The van der Waals surface area contributed by atoms with Crippen LogP contribution in [0.3, 0.4) is 0 Å². The maximum Gasteiger partial charge on any atom is 0.416 e. The van der Waals surface area contributed by atoms with Crippen molar-refractivity contribution in [2.75, 3.05) is 31.1 Å². The fraction of sp³-hybridized carbons (Fsp3) is 0.404. The number of halogens is 1. The molecule has 0 atom stereocenters. The molecule has 0 aliphatic heterocycles. The van der Waals surface area contributed by atoms with E-state index in [1.165, 1.54) is 21.9 Å². The van der Waals surface area contributed by atoms with Crippen LogP contribution in [0.25, 0.3) is 32.8 Å². The number of carbonyl (C=O) groups excluding carboxylic acids is 3. The van der Waals surface area contributed by atoms with Crippen molar-refractivity contribution >= 4 is 63.3 Å². The number of fused-ring (bicyclic) bond motifs is 3. The van der Waals surface area contributed by atoms with Crippen molar-refractivity contribution in [1.29, 1.82) is 0 Å². The van der Waals surface area contributed by atoms with Crippen LogP contribution in [0.2, 0.25) is 5.02 Å². The summed E-state index contributed by atoms with van der Waals surface area (Å²) in [4.78, 5) is 66.9. The van der Waals surface area contributed by atoms with Crippen molar-refractivity contribution in [1.82, 2.24) is 19.8 Å². The number of pyridine rings is 2. The average molecular weight is 854 g/mol. The van der Waals surface area contributed by atoms with Gasteiger partial charge in [-0.25, -0.2) is 24.2 Å². The van der Waals surface area contributed by atoms with E-state index >= 15 is 0 Å². The standard InChI is InChI=1S/C47H56ClN5O8/c1-45(2,3)59-42(56)51(23-13-14-24-52(43(57)60-46(4,5)6)30-31-17-19-34(38(48)27-31)32-15-11-10-12-16-32)25-26-53(44(58)61-47(7,8)9)40-36-21-22-49-29-37(36)35-20-18-33(41(54)55)28-39(35)50-40/h10-12,15-22,27-29H,13-14,23-26,30H2,1-9H3,(H,54,55). The molecule has 0 aliphatic rings. The van der Waals surface area contributed by atoms with Crippen LogP contribution in [-0.2, 0) is 20.8 Å². The molecular formula is C47H56ClN5O8. The normalized spacial score (nSPS) is 11.9. The van der Waals surface area contributed by atoms with Crippen molar-refractivity contribution < 1.29 is 38.5 Å². The first-order valence-corrected chi connectivity index (χ1v) is 20.7. The van der Waals surface area contributed by atoms with E-state index in [1.807, 2.05) is 69.3 Å². The zero-order valence-electron chi connectivity index (χ0n) is 36.5. The molecule has 5 aromatic rings. The Bertz CT molecular complexity index is 2370. The lowest BCUT2D eigenvalue weighted by molar-refractivity contribution is 0.0201. The Hall–Kier alpha value is -5.95. The second kappa shape index (κ2) is 19.2. The van der Waals surface area contributed by atoms with Crippen LogP contribution in [0.1, 0.15) is 91.1 Å². The van der Waals surface area contributed by atoms with E-state index in [2.05, 4.69) is 4.98 Å². The van der Waals surface area contributed by atoms with Gasteiger partial charge in [-0.1, -0.05) is 60.1 Å². The first-order chi connectivity index (χ1) is 28.6. The summed E-state index contributed by atoms with van der Waals surface area (Å²) in [5.74, 6) is -0.902. The molecule has 2 aromatic heterocycles. The number of carbonyl (C=O) groups is 4. The number of carboxylic acids is 1. The van der Waals surface area contributed by atoms with E-state index in [0.29, 0.717) is 46.1 Å². The quantitative estimate of drug-likeness (QED) is 0.0688. The Morgan fingerprint density at radius 2 is 1.26 bits per heavy atom. The monoisotopic (exact) mass is 853 g/mol. The zero-order chi connectivity index (χ0) is 44.7. The maximum atomic E-state index is 14.0. The van der Waals surface area contributed by atoms with Gasteiger partial charge in [-0.2, -0.15) is 0 Å². The molecule has 0 spiro atoms. The van der Waals surface area contributed by atoms with Gasteiger partial charge in [0.2, 0.25) is 0 Å². The third kappa shape index (κ3) is 13.0. The number of nitrogens with zero attached hydrogens (tertiary/aromatic N) is 5. The number of rotatable bonds is 13. The molecule has 3 amide bonds. The lowest BCUT2D eigenvalue weighted by Crippen LogP contribution is -2.45. The summed E-state index contributed by atoms with van der Waals surface area (Å²) in [5, 5.41) is 12.2. The smallest absolute Gasteiger partial charge is 0.416 e.